The molecule has 0 radical (unpaired) electrons. The van der Waals surface area contributed by atoms with Gasteiger partial charge in [0.25, 0.3) is 5.91 Å². The van der Waals surface area contributed by atoms with Crippen molar-refractivity contribution in [2.75, 3.05) is 43.0 Å². The van der Waals surface area contributed by atoms with E-state index < -0.39 is 0 Å². The van der Waals surface area contributed by atoms with E-state index in [4.69, 9.17) is 4.74 Å². The van der Waals surface area contributed by atoms with Gasteiger partial charge in [-0.15, -0.1) is 0 Å². The van der Waals surface area contributed by atoms with Crippen molar-refractivity contribution in [1.29, 1.82) is 0 Å². The van der Waals surface area contributed by atoms with E-state index in [2.05, 4.69) is 20.2 Å². The van der Waals surface area contributed by atoms with Gasteiger partial charge in [0.05, 0.1) is 0 Å². The van der Waals surface area contributed by atoms with Gasteiger partial charge in [0.2, 0.25) is 5.95 Å². The fourth-order valence-electron chi connectivity index (χ4n) is 3.34. The lowest BCUT2D eigenvalue weighted by molar-refractivity contribution is -0.133. The number of aryl methyl sites for hydroxylation is 1. The Labute approximate surface area is 176 Å². The summed E-state index contributed by atoms with van der Waals surface area (Å²) < 4.78 is 5.58. The number of amides is 1. The lowest BCUT2D eigenvalue weighted by atomic mass is 10.3. The molecule has 2 heterocycles. The van der Waals surface area contributed by atoms with E-state index in [1.165, 1.54) is 0 Å². The number of nitrogens with one attached hydrogen (secondary N) is 1. The Morgan fingerprint density at radius 1 is 0.967 bits per heavy atom. The second-order valence-electron chi connectivity index (χ2n) is 7.16. The summed E-state index contributed by atoms with van der Waals surface area (Å²) in [7, 11) is 0. The highest BCUT2D eigenvalue weighted by molar-refractivity contribution is 5.78. The number of benzene rings is 2. The van der Waals surface area contributed by atoms with Gasteiger partial charge in [-0.2, -0.15) is 4.98 Å². The number of carbonyl (C=O) groups is 1. The molecule has 7 heteroatoms. The zero-order valence-electron chi connectivity index (χ0n) is 17.0. The number of aromatic nitrogens is 2. The van der Waals surface area contributed by atoms with Crippen molar-refractivity contribution < 1.29 is 9.53 Å². The Morgan fingerprint density at radius 3 is 2.33 bits per heavy atom. The van der Waals surface area contributed by atoms with Crippen LogP contribution < -0.4 is 15.0 Å². The van der Waals surface area contributed by atoms with Crippen molar-refractivity contribution in [3.8, 4) is 5.75 Å². The molecule has 0 saturated carbocycles. The van der Waals surface area contributed by atoms with Gasteiger partial charge in [-0.25, -0.2) is 4.98 Å². The minimum absolute atomic E-state index is 0.00454. The first-order valence-electron chi connectivity index (χ1n) is 10.1. The van der Waals surface area contributed by atoms with Gasteiger partial charge >= 0.3 is 0 Å². The number of carbonyl (C=O) groups excluding carboxylic acids is 1. The highest BCUT2D eigenvalue weighted by Crippen LogP contribution is 2.19. The first-order chi connectivity index (χ1) is 14.7. The summed E-state index contributed by atoms with van der Waals surface area (Å²) in [4.78, 5) is 25.7. The molecule has 154 valence electrons. The predicted octanol–water partition coefficient (Wildman–Crippen LogP) is 3.26. The molecule has 7 nitrogen and oxygen atoms in total. The average molecular weight is 403 g/mol. The van der Waals surface area contributed by atoms with Gasteiger partial charge in [0.1, 0.15) is 11.6 Å². The average Bonchev–Trinajstić information content (AvgIpc) is 2.78. The van der Waals surface area contributed by atoms with Gasteiger partial charge in [0, 0.05) is 43.6 Å². The third kappa shape index (κ3) is 5.05. The summed E-state index contributed by atoms with van der Waals surface area (Å²) in [6.45, 7) is 4.63. The lowest BCUT2D eigenvalue weighted by Gasteiger charge is -2.34. The molecule has 1 fully saturated rings. The van der Waals surface area contributed by atoms with Crippen molar-refractivity contribution in [2.24, 2.45) is 0 Å². The zero-order valence-corrected chi connectivity index (χ0v) is 17.0. The van der Waals surface area contributed by atoms with Gasteiger partial charge in [-0.3, -0.25) is 4.79 Å². The van der Waals surface area contributed by atoms with E-state index in [9.17, 15) is 4.79 Å². The third-order valence-corrected chi connectivity index (χ3v) is 4.91. The standard InChI is InChI=1S/C23H25N5O2/c1-18-16-21(25-19-8-4-2-5-9-19)26-23(24-18)28-14-12-27(13-15-28)22(29)17-30-20-10-6-3-7-11-20/h2-11,16H,12-15,17H2,1H3,(H,24,25,26). The third-order valence-electron chi connectivity index (χ3n) is 4.91. The number of hydrogen-bond acceptors (Lipinski definition) is 6. The van der Waals surface area contributed by atoms with Crippen LogP contribution in [-0.2, 0) is 4.79 Å². The van der Waals surface area contributed by atoms with Crippen LogP contribution in [0.5, 0.6) is 5.75 Å². The van der Waals surface area contributed by atoms with Gasteiger partial charge < -0.3 is 19.9 Å². The van der Waals surface area contributed by atoms with Crippen LogP contribution in [0.3, 0.4) is 0 Å². The second kappa shape index (κ2) is 9.26. The van der Waals surface area contributed by atoms with E-state index in [1.807, 2.05) is 78.6 Å². The van der Waals surface area contributed by atoms with E-state index in [0.717, 1.165) is 17.2 Å². The first kappa shape index (κ1) is 19.7. The number of ether oxygens (including phenoxy) is 1. The fraction of sp³-hybridized carbons (Fsp3) is 0.261. The van der Waals surface area contributed by atoms with Crippen molar-refractivity contribution in [3.05, 3.63) is 72.4 Å². The van der Waals surface area contributed by atoms with Crippen LogP contribution in [0.1, 0.15) is 5.69 Å². The van der Waals surface area contributed by atoms with Crippen LogP contribution in [0.25, 0.3) is 0 Å². The summed E-state index contributed by atoms with van der Waals surface area (Å²) in [6, 6.07) is 21.3. The SMILES string of the molecule is Cc1cc(Nc2ccccc2)nc(N2CCN(C(=O)COc3ccccc3)CC2)n1. The summed E-state index contributed by atoms with van der Waals surface area (Å²) in [5.41, 5.74) is 1.88. The Hall–Kier alpha value is -3.61. The predicted molar refractivity (Wildman–Crippen MR) is 117 cm³/mol. The molecule has 4 rings (SSSR count). The summed E-state index contributed by atoms with van der Waals surface area (Å²) >= 11 is 0. The summed E-state index contributed by atoms with van der Waals surface area (Å²) in [5.74, 6) is 2.14. The first-order valence-corrected chi connectivity index (χ1v) is 10.1. The molecule has 0 aliphatic carbocycles. The zero-order chi connectivity index (χ0) is 20.8. The molecule has 30 heavy (non-hydrogen) atoms. The van der Waals surface area contributed by atoms with Crippen LogP contribution in [-0.4, -0.2) is 53.6 Å². The molecule has 1 aliphatic heterocycles. The highest BCUT2D eigenvalue weighted by Gasteiger charge is 2.23. The molecule has 1 aliphatic rings. The minimum atomic E-state index is -0.00454. The molecule has 0 unspecified atom stereocenters. The molecule has 2 aromatic carbocycles. The normalized spacial score (nSPS) is 13.8. The van der Waals surface area contributed by atoms with Crippen LogP contribution in [0, 0.1) is 6.92 Å². The van der Waals surface area contributed by atoms with E-state index >= 15 is 0 Å². The largest absolute Gasteiger partial charge is 0.484 e. The number of piperazine rings is 1. The Morgan fingerprint density at radius 2 is 1.63 bits per heavy atom. The number of rotatable bonds is 6. The summed E-state index contributed by atoms with van der Waals surface area (Å²) in [5, 5.41) is 3.32. The van der Waals surface area contributed by atoms with E-state index in [0.29, 0.717) is 37.9 Å². The molecule has 1 aromatic heterocycles. The van der Waals surface area contributed by atoms with Gasteiger partial charge in [-0.1, -0.05) is 36.4 Å². The molecule has 0 atom stereocenters. The maximum atomic E-state index is 12.5. The van der Waals surface area contributed by atoms with Crippen molar-refractivity contribution in [2.45, 2.75) is 6.92 Å². The van der Waals surface area contributed by atoms with Crippen LogP contribution in [0.2, 0.25) is 0 Å². The molecule has 1 amide bonds. The molecule has 1 saturated heterocycles. The number of anilines is 3. The Balaban J connectivity index is 1.34. The Kier molecular flexibility index (Phi) is 6.08. The number of para-hydroxylation sites is 2. The monoisotopic (exact) mass is 403 g/mol. The van der Waals surface area contributed by atoms with Crippen LogP contribution in [0.4, 0.5) is 17.5 Å². The van der Waals surface area contributed by atoms with Crippen LogP contribution >= 0.6 is 0 Å². The quantitative estimate of drug-likeness (QED) is 0.681. The van der Waals surface area contributed by atoms with Crippen molar-refractivity contribution in [3.63, 3.8) is 0 Å². The fourth-order valence-corrected chi connectivity index (χ4v) is 3.34. The molecular formula is C23H25N5O2. The number of nitrogens with zero attached hydrogens (tertiary/aromatic N) is 4. The lowest BCUT2D eigenvalue weighted by Crippen LogP contribution is -2.50. The highest BCUT2D eigenvalue weighted by atomic mass is 16.5. The second-order valence-corrected chi connectivity index (χ2v) is 7.16. The van der Waals surface area contributed by atoms with Gasteiger partial charge in [-0.05, 0) is 31.2 Å². The molecule has 3 aromatic rings. The Bertz CT molecular complexity index is 973. The molecule has 0 spiro atoms. The molecular weight excluding hydrogens is 378 g/mol. The summed E-state index contributed by atoms with van der Waals surface area (Å²) in [6.07, 6.45) is 0. The van der Waals surface area contributed by atoms with Crippen LogP contribution in [0.15, 0.2) is 66.7 Å². The minimum Gasteiger partial charge on any atom is -0.484 e. The van der Waals surface area contributed by atoms with Crippen molar-refractivity contribution >= 4 is 23.4 Å². The number of hydrogen-bond donors (Lipinski definition) is 1. The molecule has 0 bridgehead atoms. The maximum absolute atomic E-state index is 12.5. The van der Waals surface area contributed by atoms with E-state index in [-0.39, 0.29) is 12.5 Å². The smallest absolute Gasteiger partial charge is 0.260 e. The molecule has 1 N–H and O–H groups in total. The van der Waals surface area contributed by atoms with E-state index in [1.54, 1.807) is 0 Å². The maximum Gasteiger partial charge on any atom is 0.260 e. The van der Waals surface area contributed by atoms with Gasteiger partial charge in [0.15, 0.2) is 6.61 Å². The topological polar surface area (TPSA) is 70.6 Å². The van der Waals surface area contributed by atoms with Crippen molar-refractivity contribution in [1.82, 2.24) is 14.9 Å².